The summed E-state index contributed by atoms with van der Waals surface area (Å²) >= 11 is 0. The molecule has 0 saturated carbocycles. The van der Waals surface area contributed by atoms with Gasteiger partial charge in [-0.1, -0.05) is 121 Å². The van der Waals surface area contributed by atoms with Crippen LogP contribution in [-0.2, 0) is 0 Å². The van der Waals surface area contributed by atoms with Crippen LogP contribution in [0.1, 0.15) is 25.0 Å². The summed E-state index contributed by atoms with van der Waals surface area (Å²) in [7, 11) is 0. The van der Waals surface area contributed by atoms with E-state index >= 15 is 0 Å². The first kappa shape index (κ1) is 22.7. The first-order valence-electron chi connectivity index (χ1n) is 11.2. The van der Waals surface area contributed by atoms with Gasteiger partial charge in [0.05, 0.1) is 11.4 Å². The highest BCUT2D eigenvalue weighted by Gasteiger charge is 2.25. The molecule has 0 unspecified atom stereocenters. The monoisotopic (exact) mass is 448 g/mol. The van der Waals surface area contributed by atoms with Gasteiger partial charge >= 0.3 is 0 Å². The number of benzene rings is 4. The predicted molar refractivity (Wildman–Crippen MR) is 148 cm³/mol. The molecule has 0 aromatic heterocycles. The molecule has 2 nitrogen and oxygen atoms in total. The van der Waals surface area contributed by atoms with Crippen LogP contribution in [0.15, 0.2) is 125 Å². The molecule has 0 amide bonds. The van der Waals surface area contributed by atoms with Crippen molar-refractivity contribution in [2.24, 2.45) is 10.2 Å². The maximum atomic E-state index is 4.66. The highest BCUT2D eigenvalue weighted by molar-refractivity contribution is 7.95. The predicted octanol–water partition coefficient (Wildman–Crippen LogP) is 5.98. The summed E-state index contributed by atoms with van der Waals surface area (Å²) in [5.41, 5.74) is 4.15. The van der Waals surface area contributed by atoms with Crippen molar-refractivity contribution in [1.29, 1.82) is 0 Å². The van der Waals surface area contributed by atoms with Gasteiger partial charge in [-0.3, -0.25) is 0 Å². The van der Waals surface area contributed by atoms with Gasteiger partial charge < -0.3 is 0 Å². The van der Waals surface area contributed by atoms with Gasteiger partial charge in [0.15, 0.2) is 0 Å². The summed E-state index contributed by atoms with van der Waals surface area (Å²) < 4.78 is 0. The lowest BCUT2D eigenvalue weighted by molar-refractivity contribution is 1.23. The largest absolute Gasteiger partial charge is 0.156 e. The summed E-state index contributed by atoms with van der Waals surface area (Å²) in [4.78, 5) is 0. The molecule has 0 N–H and O–H groups in total. The van der Waals surface area contributed by atoms with Crippen molar-refractivity contribution < 1.29 is 0 Å². The van der Waals surface area contributed by atoms with E-state index in [1.807, 2.05) is 6.92 Å². The van der Waals surface area contributed by atoms with Crippen LogP contribution in [0.25, 0.3) is 0 Å². The molecule has 0 radical (unpaired) electrons. The molecule has 0 aliphatic carbocycles. The normalized spacial score (nSPS) is 12.5. The summed E-state index contributed by atoms with van der Waals surface area (Å²) in [6.07, 6.45) is 0. The zero-order chi connectivity index (χ0) is 23.1. The van der Waals surface area contributed by atoms with Gasteiger partial charge in [0, 0.05) is 0 Å². The van der Waals surface area contributed by atoms with Crippen LogP contribution in [0.4, 0.5) is 0 Å². The summed E-state index contributed by atoms with van der Waals surface area (Å²) in [6.45, 7) is 4.08. The van der Waals surface area contributed by atoms with E-state index in [-0.39, 0.29) is 0 Å². The molecule has 0 heterocycles. The molecule has 0 atom stereocenters. The third-order valence-electron chi connectivity index (χ3n) is 5.70. The first-order chi connectivity index (χ1) is 16.1. The highest BCUT2D eigenvalue weighted by Crippen LogP contribution is 2.43. The number of hydrogen-bond donors (Lipinski definition) is 0. The van der Waals surface area contributed by atoms with Gasteiger partial charge in [-0.25, -0.2) is 0 Å². The Bertz CT molecular complexity index is 1200. The van der Waals surface area contributed by atoms with Crippen LogP contribution in [-0.4, -0.2) is 17.2 Å². The van der Waals surface area contributed by atoms with Crippen molar-refractivity contribution in [2.75, 3.05) is 0 Å². The molecule has 164 valence electrons. The second kappa shape index (κ2) is 10.4. The number of hydrogen-bond acceptors (Lipinski definition) is 2. The Balaban J connectivity index is 1.91. The van der Waals surface area contributed by atoms with Gasteiger partial charge in [0.1, 0.15) is 0 Å². The lowest BCUT2D eigenvalue weighted by atomic mass is 10.1. The van der Waals surface area contributed by atoms with Crippen LogP contribution in [0.3, 0.4) is 0 Å². The molecule has 4 aromatic rings. The third kappa shape index (κ3) is 5.13. The Morgan fingerprint density at radius 1 is 0.576 bits per heavy atom. The van der Waals surface area contributed by atoms with Crippen molar-refractivity contribution >= 4 is 40.0 Å². The van der Waals surface area contributed by atoms with Crippen LogP contribution in [0.5, 0.6) is 0 Å². The standard InChI is InChI=1S/C30H29N2P/c1-24-19-21-27(22-20-24)26(3)32-31-25(2)23-33(28-13-7-4-8-14-28,29-15-9-5-10-16-29)30-17-11-6-12-18-30/h4-23H,1-3H3/b31-25-,32-26-. The second-order valence-electron chi connectivity index (χ2n) is 8.15. The minimum Gasteiger partial charge on any atom is -0.156 e. The first-order valence-corrected chi connectivity index (χ1v) is 13.0. The molecule has 4 rings (SSSR count). The Hall–Kier alpha value is -3.48. The quantitative estimate of drug-likeness (QED) is 0.197. The van der Waals surface area contributed by atoms with Crippen molar-refractivity contribution in [3.05, 3.63) is 126 Å². The van der Waals surface area contributed by atoms with E-state index in [9.17, 15) is 0 Å². The van der Waals surface area contributed by atoms with E-state index in [2.05, 4.69) is 145 Å². The fourth-order valence-electron chi connectivity index (χ4n) is 3.97. The second-order valence-corrected chi connectivity index (χ2v) is 11.4. The molecule has 4 aromatic carbocycles. The lowest BCUT2D eigenvalue weighted by Gasteiger charge is -2.28. The van der Waals surface area contributed by atoms with Gasteiger partial charge in [-0.05, 0) is 54.9 Å². The van der Waals surface area contributed by atoms with Crippen molar-refractivity contribution in [1.82, 2.24) is 0 Å². The fraction of sp³-hybridized carbons (Fsp3) is 0.100. The third-order valence-corrected chi connectivity index (χ3v) is 9.80. The van der Waals surface area contributed by atoms with E-state index < -0.39 is 6.89 Å². The SMILES string of the molecule is C/C(C=P(c1ccccc1)(c1ccccc1)c1ccccc1)=N/N=C(/C)c1ccc(C)cc1. The zero-order valence-electron chi connectivity index (χ0n) is 19.4. The molecule has 0 fully saturated rings. The molecule has 0 aliphatic heterocycles. The van der Waals surface area contributed by atoms with Crippen molar-refractivity contribution in [3.8, 4) is 0 Å². The van der Waals surface area contributed by atoms with Gasteiger partial charge in [0.2, 0.25) is 0 Å². The van der Waals surface area contributed by atoms with E-state index in [1.165, 1.54) is 21.5 Å². The van der Waals surface area contributed by atoms with E-state index in [0.29, 0.717) is 0 Å². The van der Waals surface area contributed by atoms with Crippen LogP contribution in [0.2, 0.25) is 0 Å². The Morgan fingerprint density at radius 2 is 1.00 bits per heavy atom. The number of aryl methyl sites for hydroxylation is 1. The van der Waals surface area contributed by atoms with E-state index in [0.717, 1.165) is 17.0 Å². The van der Waals surface area contributed by atoms with Crippen LogP contribution >= 0.6 is 6.89 Å². The van der Waals surface area contributed by atoms with Crippen molar-refractivity contribution in [3.63, 3.8) is 0 Å². The summed E-state index contributed by atoms with van der Waals surface area (Å²) in [5.74, 6) is 2.35. The maximum absolute atomic E-state index is 4.66. The zero-order valence-corrected chi connectivity index (χ0v) is 20.3. The summed E-state index contributed by atoms with van der Waals surface area (Å²) in [5, 5.41) is 13.1. The topological polar surface area (TPSA) is 24.7 Å². The molecule has 0 spiro atoms. The number of nitrogens with zero attached hydrogens (tertiary/aromatic N) is 2. The minimum absolute atomic E-state index is 0.908. The maximum Gasteiger partial charge on any atom is 0.0671 e. The van der Waals surface area contributed by atoms with E-state index in [1.54, 1.807) is 0 Å². The van der Waals surface area contributed by atoms with E-state index in [4.69, 9.17) is 0 Å². The molecular formula is C30H29N2P. The van der Waals surface area contributed by atoms with Crippen molar-refractivity contribution in [2.45, 2.75) is 20.8 Å². The van der Waals surface area contributed by atoms with Gasteiger partial charge in [-0.2, -0.15) is 10.2 Å². The Morgan fingerprint density at radius 3 is 1.42 bits per heavy atom. The van der Waals surface area contributed by atoms with Gasteiger partial charge in [-0.15, -0.1) is 0 Å². The molecule has 33 heavy (non-hydrogen) atoms. The minimum atomic E-state index is -2.07. The summed E-state index contributed by atoms with van der Waals surface area (Å²) in [6, 6.07) is 40.8. The molecule has 3 heteroatoms. The highest BCUT2D eigenvalue weighted by atomic mass is 31.2. The Kier molecular flexibility index (Phi) is 7.17. The lowest BCUT2D eigenvalue weighted by Crippen LogP contribution is -2.28. The average molecular weight is 449 g/mol. The molecule has 0 aliphatic rings. The molecule has 0 saturated heterocycles. The fourth-order valence-corrected chi connectivity index (χ4v) is 7.85. The van der Waals surface area contributed by atoms with Crippen LogP contribution in [0, 0.1) is 6.92 Å². The van der Waals surface area contributed by atoms with Crippen LogP contribution < -0.4 is 15.9 Å². The smallest absolute Gasteiger partial charge is 0.0671 e. The Labute approximate surface area is 197 Å². The number of rotatable bonds is 6. The average Bonchev–Trinajstić information content (AvgIpc) is 2.88. The molecule has 0 bridgehead atoms. The molecular weight excluding hydrogens is 419 g/mol. The van der Waals surface area contributed by atoms with Gasteiger partial charge in [0.25, 0.3) is 0 Å².